The lowest BCUT2D eigenvalue weighted by Crippen LogP contribution is -2.21. The van der Waals surface area contributed by atoms with E-state index in [2.05, 4.69) is 21.9 Å². The molecule has 14 heavy (non-hydrogen) atoms. The lowest BCUT2D eigenvalue weighted by Gasteiger charge is -2.12. The largest absolute Gasteiger partial charge is 0.486 e. The van der Waals surface area contributed by atoms with Gasteiger partial charge in [-0.15, -0.1) is 0 Å². The first-order valence-electron chi connectivity index (χ1n) is 4.88. The van der Waals surface area contributed by atoms with Crippen LogP contribution in [-0.2, 0) is 0 Å². The summed E-state index contributed by atoms with van der Waals surface area (Å²) in [6.45, 7) is 3.97. The van der Waals surface area contributed by atoms with E-state index in [0.717, 1.165) is 31.1 Å². The maximum absolute atomic E-state index is 5.73. The van der Waals surface area contributed by atoms with Crippen molar-refractivity contribution in [3.8, 4) is 5.75 Å². The third kappa shape index (κ3) is 2.20. The number of hydrogen-bond donors (Lipinski definition) is 0. The molecule has 1 fully saturated rings. The van der Waals surface area contributed by atoms with Crippen LogP contribution in [0.1, 0.15) is 12.2 Å². The third-order valence-corrected chi connectivity index (χ3v) is 2.41. The molecule has 1 saturated heterocycles. The van der Waals surface area contributed by atoms with Crippen LogP contribution in [0.15, 0.2) is 12.4 Å². The Morgan fingerprint density at radius 3 is 2.71 bits per heavy atom. The van der Waals surface area contributed by atoms with Gasteiger partial charge in [-0.1, -0.05) is 0 Å². The molecule has 2 heterocycles. The Bertz CT molecular complexity index is 299. The number of ether oxygens (including phenoxy) is 1. The molecule has 0 bridgehead atoms. The van der Waals surface area contributed by atoms with Crippen LogP contribution in [0, 0.1) is 6.92 Å². The van der Waals surface area contributed by atoms with Crippen LogP contribution >= 0.6 is 0 Å². The van der Waals surface area contributed by atoms with Gasteiger partial charge in [0.25, 0.3) is 0 Å². The summed E-state index contributed by atoms with van der Waals surface area (Å²) in [5.74, 6) is 1.55. The van der Waals surface area contributed by atoms with E-state index in [9.17, 15) is 0 Å². The molecule has 4 heteroatoms. The molecule has 1 aliphatic rings. The van der Waals surface area contributed by atoms with Crippen molar-refractivity contribution in [1.82, 2.24) is 14.9 Å². The standard InChI is InChI=1S/C10H15N3O/c1-8-11-5-10(6-12-8)14-9-3-4-13(2)7-9/h5-6,9H,3-4,7H2,1-2H3/t9-/m0/s1. The fraction of sp³-hybridized carbons (Fsp3) is 0.600. The molecular formula is C10H15N3O. The Morgan fingerprint density at radius 2 is 2.14 bits per heavy atom. The summed E-state index contributed by atoms with van der Waals surface area (Å²) in [5.41, 5.74) is 0. The molecule has 4 nitrogen and oxygen atoms in total. The highest BCUT2D eigenvalue weighted by Crippen LogP contribution is 2.15. The van der Waals surface area contributed by atoms with Crippen molar-refractivity contribution in [2.75, 3.05) is 20.1 Å². The predicted molar refractivity (Wildman–Crippen MR) is 53.3 cm³/mol. The Balaban J connectivity index is 1.94. The van der Waals surface area contributed by atoms with Gasteiger partial charge >= 0.3 is 0 Å². The van der Waals surface area contributed by atoms with Crippen LogP contribution < -0.4 is 4.74 Å². The lowest BCUT2D eigenvalue weighted by atomic mass is 10.3. The average molecular weight is 193 g/mol. The number of likely N-dealkylation sites (tertiary alicyclic amines) is 1. The highest BCUT2D eigenvalue weighted by atomic mass is 16.5. The Hall–Kier alpha value is -1.16. The minimum atomic E-state index is 0.298. The first-order chi connectivity index (χ1) is 6.74. The molecule has 1 atom stereocenters. The Kier molecular flexibility index (Phi) is 2.63. The molecular weight excluding hydrogens is 178 g/mol. The summed E-state index contributed by atoms with van der Waals surface area (Å²) in [7, 11) is 2.11. The number of aromatic nitrogens is 2. The van der Waals surface area contributed by atoms with E-state index in [1.165, 1.54) is 0 Å². The van der Waals surface area contributed by atoms with Crippen LogP contribution in [0.4, 0.5) is 0 Å². The topological polar surface area (TPSA) is 38.2 Å². The molecule has 0 amide bonds. The van der Waals surface area contributed by atoms with Gasteiger partial charge in [-0.2, -0.15) is 0 Å². The van der Waals surface area contributed by atoms with Crippen molar-refractivity contribution in [3.05, 3.63) is 18.2 Å². The van der Waals surface area contributed by atoms with Crippen molar-refractivity contribution in [3.63, 3.8) is 0 Å². The van der Waals surface area contributed by atoms with Gasteiger partial charge in [0.05, 0.1) is 12.4 Å². The molecule has 0 unspecified atom stereocenters. The third-order valence-electron chi connectivity index (χ3n) is 2.41. The first-order valence-corrected chi connectivity index (χ1v) is 4.88. The molecule has 0 aromatic carbocycles. The maximum Gasteiger partial charge on any atom is 0.156 e. The summed E-state index contributed by atoms with van der Waals surface area (Å²) in [4.78, 5) is 10.4. The Morgan fingerprint density at radius 1 is 1.43 bits per heavy atom. The van der Waals surface area contributed by atoms with Gasteiger partial charge in [0.1, 0.15) is 11.9 Å². The second kappa shape index (κ2) is 3.92. The van der Waals surface area contributed by atoms with E-state index in [4.69, 9.17) is 4.74 Å². The van der Waals surface area contributed by atoms with Gasteiger partial charge < -0.3 is 9.64 Å². The molecule has 1 aliphatic heterocycles. The van der Waals surface area contributed by atoms with E-state index < -0.39 is 0 Å². The van der Waals surface area contributed by atoms with Gasteiger partial charge in [0.2, 0.25) is 0 Å². The van der Waals surface area contributed by atoms with Crippen molar-refractivity contribution in [2.45, 2.75) is 19.4 Å². The summed E-state index contributed by atoms with van der Waals surface area (Å²) in [6.07, 6.45) is 4.86. The van der Waals surface area contributed by atoms with Crippen LogP contribution in [0.3, 0.4) is 0 Å². The molecule has 0 radical (unpaired) electrons. The minimum Gasteiger partial charge on any atom is -0.486 e. The molecule has 0 saturated carbocycles. The summed E-state index contributed by atoms with van der Waals surface area (Å²) in [6, 6.07) is 0. The van der Waals surface area contributed by atoms with Crippen LogP contribution in [-0.4, -0.2) is 41.1 Å². The quantitative estimate of drug-likeness (QED) is 0.698. The van der Waals surface area contributed by atoms with Crippen molar-refractivity contribution < 1.29 is 4.74 Å². The van der Waals surface area contributed by atoms with E-state index in [-0.39, 0.29) is 0 Å². The van der Waals surface area contributed by atoms with Crippen LogP contribution in [0.25, 0.3) is 0 Å². The molecule has 0 spiro atoms. The molecule has 76 valence electrons. The molecule has 1 aromatic heterocycles. The number of rotatable bonds is 2. The summed E-state index contributed by atoms with van der Waals surface area (Å²) in [5, 5.41) is 0. The first kappa shape index (κ1) is 9.40. The monoisotopic (exact) mass is 193 g/mol. The molecule has 1 aromatic rings. The van der Waals surface area contributed by atoms with E-state index in [0.29, 0.717) is 6.10 Å². The van der Waals surface area contributed by atoms with Gasteiger partial charge in [0, 0.05) is 13.1 Å². The van der Waals surface area contributed by atoms with Crippen molar-refractivity contribution >= 4 is 0 Å². The summed E-state index contributed by atoms with van der Waals surface area (Å²) < 4.78 is 5.73. The highest BCUT2D eigenvalue weighted by Gasteiger charge is 2.20. The van der Waals surface area contributed by atoms with Crippen LogP contribution in [0.2, 0.25) is 0 Å². The zero-order chi connectivity index (χ0) is 9.97. The van der Waals surface area contributed by atoms with E-state index in [1.54, 1.807) is 12.4 Å². The molecule has 0 aliphatic carbocycles. The van der Waals surface area contributed by atoms with Gasteiger partial charge in [-0.3, -0.25) is 0 Å². The van der Waals surface area contributed by atoms with Gasteiger partial charge in [-0.25, -0.2) is 9.97 Å². The summed E-state index contributed by atoms with van der Waals surface area (Å²) >= 11 is 0. The second-order valence-electron chi connectivity index (χ2n) is 3.76. The SMILES string of the molecule is Cc1ncc(O[C@H]2CCN(C)C2)cn1. The number of aryl methyl sites for hydroxylation is 1. The van der Waals surface area contributed by atoms with Crippen molar-refractivity contribution in [2.24, 2.45) is 0 Å². The van der Waals surface area contributed by atoms with E-state index >= 15 is 0 Å². The minimum absolute atomic E-state index is 0.298. The average Bonchev–Trinajstić information content (AvgIpc) is 2.56. The predicted octanol–water partition coefficient (Wildman–Crippen LogP) is 0.868. The number of hydrogen-bond acceptors (Lipinski definition) is 4. The normalized spacial score (nSPS) is 22.6. The lowest BCUT2D eigenvalue weighted by molar-refractivity contribution is 0.206. The van der Waals surface area contributed by atoms with Gasteiger partial charge in [-0.05, 0) is 20.4 Å². The van der Waals surface area contributed by atoms with Gasteiger partial charge in [0.15, 0.2) is 5.75 Å². The number of likely N-dealkylation sites (N-methyl/N-ethyl adjacent to an activating group) is 1. The molecule has 0 N–H and O–H groups in total. The smallest absolute Gasteiger partial charge is 0.156 e. The Labute approximate surface area is 83.9 Å². The number of nitrogens with zero attached hydrogens (tertiary/aromatic N) is 3. The second-order valence-corrected chi connectivity index (χ2v) is 3.76. The maximum atomic E-state index is 5.73. The fourth-order valence-corrected chi connectivity index (χ4v) is 1.62. The molecule has 2 rings (SSSR count). The highest BCUT2D eigenvalue weighted by molar-refractivity contribution is 5.12. The van der Waals surface area contributed by atoms with E-state index in [1.807, 2.05) is 6.92 Å². The zero-order valence-electron chi connectivity index (χ0n) is 8.60. The van der Waals surface area contributed by atoms with Crippen molar-refractivity contribution in [1.29, 1.82) is 0 Å². The fourth-order valence-electron chi connectivity index (χ4n) is 1.62. The van der Waals surface area contributed by atoms with Crippen LogP contribution in [0.5, 0.6) is 5.75 Å². The zero-order valence-corrected chi connectivity index (χ0v) is 8.60.